The number of morpholine rings is 1. The first-order chi connectivity index (χ1) is 13.3. The van der Waals surface area contributed by atoms with Crippen LogP contribution in [0.4, 0.5) is 0 Å². The van der Waals surface area contributed by atoms with Crippen molar-refractivity contribution in [3.63, 3.8) is 0 Å². The van der Waals surface area contributed by atoms with Gasteiger partial charge in [-0.05, 0) is 16.0 Å². The standard InChI is InChI=1S/C18H23N5O4/c24-15-11-27-16-14(10-26-17(15)16)23-18(19-20-21-23)13-3-1-12(2-4-13)9-22-5-7-25-8-6-22/h1-4,14-17,24H,5-11H2. The molecular weight excluding hydrogens is 350 g/mol. The summed E-state index contributed by atoms with van der Waals surface area (Å²) in [5.41, 5.74) is 2.21. The molecule has 5 rings (SSSR count). The van der Waals surface area contributed by atoms with Gasteiger partial charge in [-0.3, -0.25) is 4.90 Å². The van der Waals surface area contributed by atoms with Gasteiger partial charge in [0.1, 0.15) is 24.4 Å². The van der Waals surface area contributed by atoms with Crippen molar-refractivity contribution in [1.29, 1.82) is 0 Å². The minimum atomic E-state index is -0.584. The van der Waals surface area contributed by atoms with Gasteiger partial charge in [0.2, 0.25) is 0 Å². The van der Waals surface area contributed by atoms with Crippen LogP contribution in [0.15, 0.2) is 24.3 Å². The lowest BCUT2D eigenvalue weighted by atomic mass is 10.1. The van der Waals surface area contributed by atoms with Gasteiger partial charge in [-0.2, -0.15) is 0 Å². The summed E-state index contributed by atoms with van der Waals surface area (Å²) in [6, 6.07) is 8.21. The SMILES string of the molecule is OC1COC2C1OCC2n1nnnc1-c1ccc(CN2CCOCC2)cc1. The maximum Gasteiger partial charge on any atom is 0.182 e. The fraction of sp³-hybridized carbons (Fsp3) is 0.611. The molecule has 9 heteroatoms. The molecule has 4 unspecified atom stereocenters. The van der Waals surface area contributed by atoms with Crippen LogP contribution in [0.3, 0.4) is 0 Å². The molecule has 144 valence electrons. The van der Waals surface area contributed by atoms with Gasteiger partial charge in [0, 0.05) is 25.2 Å². The van der Waals surface area contributed by atoms with E-state index >= 15 is 0 Å². The number of hydrogen-bond acceptors (Lipinski definition) is 8. The average Bonchev–Trinajstić information content (AvgIpc) is 3.41. The fourth-order valence-corrected chi connectivity index (χ4v) is 4.05. The van der Waals surface area contributed by atoms with Crippen molar-refractivity contribution in [2.45, 2.75) is 30.9 Å². The molecule has 0 amide bonds. The van der Waals surface area contributed by atoms with Gasteiger partial charge < -0.3 is 19.3 Å². The third-order valence-electron chi connectivity index (χ3n) is 5.53. The van der Waals surface area contributed by atoms with E-state index in [4.69, 9.17) is 14.2 Å². The lowest BCUT2D eigenvalue weighted by molar-refractivity contribution is 0.0169. The van der Waals surface area contributed by atoms with E-state index in [0.29, 0.717) is 19.0 Å². The number of hydrogen-bond donors (Lipinski definition) is 1. The normalized spacial score (nSPS) is 31.3. The molecule has 0 spiro atoms. The van der Waals surface area contributed by atoms with Crippen LogP contribution in [0.1, 0.15) is 11.6 Å². The monoisotopic (exact) mass is 373 g/mol. The second kappa shape index (κ2) is 7.25. The lowest BCUT2D eigenvalue weighted by Crippen LogP contribution is -2.35. The van der Waals surface area contributed by atoms with E-state index in [1.807, 2.05) is 0 Å². The van der Waals surface area contributed by atoms with Crippen LogP contribution >= 0.6 is 0 Å². The summed E-state index contributed by atoms with van der Waals surface area (Å²) in [6.07, 6.45) is -1.11. The van der Waals surface area contributed by atoms with Crippen molar-refractivity contribution in [2.24, 2.45) is 0 Å². The second-order valence-corrected chi connectivity index (χ2v) is 7.26. The van der Waals surface area contributed by atoms with Crippen molar-refractivity contribution in [3.8, 4) is 11.4 Å². The van der Waals surface area contributed by atoms with Crippen LogP contribution in [0, 0.1) is 0 Å². The van der Waals surface area contributed by atoms with Gasteiger partial charge in [-0.25, -0.2) is 4.68 Å². The summed E-state index contributed by atoms with van der Waals surface area (Å²) >= 11 is 0. The van der Waals surface area contributed by atoms with E-state index in [1.165, 1.54) is 5.56 Å². The molecule has 4 heterocycles. The summed E-state index contributed by atoms with van der Waals surface area (Å²) in [6.45, 7) is 5.18. The van der Waals surface area contributed by atoms with Gasteiger partial charge in [-0.15, -0.1) is 5.10 Å². The Morgan fingerprint density at radius 3 is 2.63 bits per heavy atom. The van der Waals surface area contributed by atoms with Gasteiger partial charge in [0.15, 0.2) is 5.82 Å². The molecule has 27 heavy (non-hydrogen) atoms. The molecule has 2 aromatic rings. The number of nitrogens with zero attached hydrogens (tertiary/aromatic N) is 5. The fourth-order valence-electron chi connectivity index (χ4n) is 4.05. The maximum absolute atomic E-state index is 9.94. The number of fused-ring (bicyclic) bond motifs is 1. The average molecular weight is 373 g/mol. The van der Waals surface area contributed by atoms with Gasteiger partial charge in [0.25, 0.3) is 0 Å². The number of aliphatic hydroxyl groups excluding tert-OH is 1. The van der Waals surface area contributed by atoms with E-state index in [1.54, 1.807) is 4.68 Å². The predicted octanol–water partition coefficient (Wildman–Crippen LogP) is -0.128. The lowest BCUT2D eigenvalue weighted by Gasteiger charge is -2.26. The zero-order chi connectivity index (χ0) is 18.2. The Hall–Kier alpha value is -1.91. The van der Waals surface area contributed by atoms with Crippen LogP contribution < -0.4 is 0 Å². The minimum absolute atomic E-state index is 0.134. The maximum atomic E-state index is 9.94. The van der Waals surface area contributed by atoms with E-state index < -0.39 is 6.10 Å². The Bertz CT molecular complexity index is 776. The van der Waals surface area contributed by atoms with Crippen molar-refractivity contribution in [3.05, 3.63) is 29.8 Å². The Labute approximate surface area is 156 Å². The van der Waals surface area contributed by atoms with Crippen LogP contribution in [-0.2, 0) is 20.8 Å². The van der Waals surface area contributed by atoms with Crippen molar-refractivity contribution in [2.75, 3.05) is 39.5 Å². The number of ether oxygens (including phenoxy) is 3. The number of rotatable bonds is 4. The molecule has 0 radical (unpaired) electrons. The molecular formula is C18H23N5O4. The van der Waals surface area contributed by atoms with Gasteiger partial charge in [-0.1, -0.05) is 24.3 Å². The highest BCUT2D eigenvalue weighted by Gasteiger charge is 2.49. The van der Waals surface area contributed by atoms with E-state index in [2.05, 4.69) is 44.7 Å². The highest BCUT2D eigenvalue weighted by molar-refractivity contribution is 5.55. The summed E-state index contributed by atoms with van der Waals surface area (Å²) in [7, 11) is 0. The number of benzene rings is 1. The summed E-state index contributed by atoms with van der Waals surface area (Å²) in [5.74, 6) is 0.687. The smallest absolute Gasteiger partial charge is 0.182 e. The third-order valence-corrected chi connectivity index (χ3v) is 5.53. The second-order valence-electron chi connectivity index (χ2n) is 7.26. The first-order valence-electron chi connectivity index (χ1n) is 9.38. The van der Waals surface area contributed by atoms with E-state index in [9.17, 15) is 5.11 Å². The Kier molecular flexibility index (Phi) is 4.62. The molecule has 1 aromatic heterocycles. The Morgan fingerprint density at radius 2 is 1.81 bits per heavy atom. The number of aliphatic hydroxyl groups is 1. The first kappa shape index (κ1) is 17.2. The highest BCUT2D eigenvalue weighted by atomic mass is 16.6. The molecule has 9 nitrogen and oxygen atoms in total. The minimum Gasteiger partial charge on any atom is -0.388 e. The summed E-state index contributed by atoms with van der Waals surface area (Å²) in [5, 5.41) is 22.2. The molecule has 3 aliphatic heterocycles. The van der Waals surface area contributed by atoms with Crippen LogP contribution in [-0.4, -0.2) is 88.0 Å². The predicted molar refractivity (Wildman–Crippen MR) is 93.9 cm³/mol. The quantitative estimate of drug-likeness (QED) is 0.792. The van der Waals surface area contributed by atoms with Crippen molar-refractivity contribution >= 4 is 0 Å². The van der Waals surface area contributed by atoms with Crippen LogP contribution in [0.5, 0.6) is 0 Å². The molecule has 4 atom stereocenters. The molecule has 3 aliphatic rings. The topological polar surface area (TPSA) is 94.8 Å². The molecule has 1 N–H and O–H groups in total. The van der Waals surface area contributed by atoms with Crippen LogP contribution in [0.25, 0.3) is 11.4 Å². The van der Waals surface area contributed by atoms with Gasteiger partial charge in [0.05, 0.1) is 26.4 Å². The molecule has 0 aliphatic carbocycles. The Morgan fingerprint density at radius 1 is 1.04 bits per heavy atom. The molecule has 3 fully saturated rings. The highest BCUT2D eigenvalue weighted by Crippen LogP contribution is 2.35. The van der Waals surface area contributed by atoms with E-state index in [-0.39, 0.29) is 18.2 Å². The van der Waals surface area contributed by atoms with Crippen molar-refractivity contribution < 1.29 is 19.3 Å². The summed E-state index contributed by atoms with van der Waals surface area (Å²) in [4.78, 5) is 2.39. The number of tetrazole rings is 1. The first-order valence-corrected chi connectivity index (χ1v) is 9.38. The zero-order valence-corrected chi connectivity index (χ0v) is 15.0. The molecule has 3 saturated heterocycles. The third kappa shape index (κ3) is 3.26. The van der Waals surface area contributed by atoms with E-state index in [0.717, 1.165) is 38.4 Å². The van der Waals surface area contributed by atoms with Crippen molar-refractivity contribution in [1.82, 2.24) is 25.1 Å². The molecule has 0 bridgehead atoms. The molecule has 0 saturated carbocycles. The van der Waals surface area contributed by atoms with Gasteiger partial charge >= 0.3 is 0 Å². The number of aromatic nitrogens is 4. The molecule has 1 aromatic carbocycles. The summed E-state index contributed by atoms with van der Waals surface area (Å²) < 4.78 is 18.6. The van der Waals surface area contributed by atoms with Crippen LogP contribution in [0.2, 0.25) is 0 Å². The Balaban J connectivity index is 1.33. The zero-order valence-electron chi connectivity index (χ0n) is 15.0. The largest absolute Gasteiger partial charge is 0.388 e.